The molecule has 1 unspecified atom stereocenters. The molecule has 0 saturated carbocycles. The van der Waals surface area contributed by atoms with Crippen LogP contribution in [0.1, 0.15) is 29.6 Å². The van der Waals surface area contributed by atoms with Crippen LogP contribution in [0.3, 0.4) is 0 Å². The van der Waals surface area contributed by atoms with Gasteiger partial charge in [0.05, 0.1) is 13.7 Å². The molecule has 5 heteroatoms. The minimum atomic E-state index is -0.599. The summed E-state index contributed by atoms with van der Waals surface area (Å²) in [6, 6.07) is 8.75. The molecular formula is C17H18O5. The number of benzene rings is 2. The summed E-state index contributed by atoms with van der Waals surface area (Å²) in [6.45, 7) is 0.671. The quantitative estimate of drug-likeness (QED) is 0.882. The molecule has 1 aliphatic rings. The second-order valence-electron chi connectivity index (χ2n) is 5.22. The first-order valence-corrected chi connectivity index (χ1v) is 7.32. The predicted molar refractivity (Wildman–Crippen MR) is 81.2 cm³/mol. The van der Waals surface area contributed by atoms with Gasteiger partial charge in [-0.1, -0.05) is 24.3 Å². The lowest BCUT2D eigenvalue weighted by Crippen LogP contribution is -2.25. The number of fused-ring (bicyclic) bond motifs is 1. The Kier molecular flexibility index (Phi) is 4.15. The molecule has 1 aliphatic heterocycles. The van der Waals surface area contributed by atoms with Crippen molar-refractivity contribution in [1.29, 1.82) is 0 Å². The minimum Gasteiger partial charge on any atom is -0.506 e. The Labute approximate surface area is 128 Å². The number of rotatable bonds is 3. The van der Waals surface area contributed by atoms with Crippen molar-refractivity contribution < 1.29 is 24.1 Å². The summed E-state index contributed by atoms with van der Waals surface area (Å²) < 4.78 is 16.2. The van der Waals surface area contributed by atoms with Gasteiger partial charge in [-0.15, -0.1) is 0 Å². The summed E-state index contributed by atoms with van der Waals surface area (Å²) in [5, 5.41) is 11.6. The van der Waals surface area contributed by atoms with Crippen molar-refractivity contribution in [2.45, 2.75) is 25.6 Å². The van der Waals surface area contributed by atoms with Crippen LogP contribution in [0.4, 0.5) is 0 Å². The Morgan fingerprint density at radius 1 is 1.27 bits per heavy atom. The molecule has 0 spiro atoms. The van der Waals surface area contributed by atoms with E-state index in [0.29, 0.717) is 17.7 Å². The first-order chi connectivity index (χ1) is 10.7. The maximum Gasteiger partial charge on any atom is 0.341 e. The zero-order valence-electron chi connectivity index (χ0n) is 12.4. The summed E-state index contributed by atoms with van der Waals surface area (Å²) in [5.41, 5.74) is 0.0898. The Morgan fingerprint density at radius 2 is 2.05 bits per heavy atom. The smallest absolute Gasteiger partial charge is 0.341 e. The maximum absolute atomic E-state index is 11.9. The van der Waals surface area contributed by atoms with Crippen LogP contribution in [0.25, 0.3) is 10.8 Å². The monoisotopic (exact) mass is 302 g/mol. The molecule has 0 bridgehead atoms. The van der Waals surface area contributed by atoms with Crippen molar-refractivity contribution in [3.05, 3.63) is 35.9 Å². The van der Waals surface area contributed by atoms with E-state index in [1.807, 2.05) is 12.1 Å². The van der Waals surface area contributed by atoms with Crippen LogP contribution in [0.5, 0.6) is 11.5 Å². The van der Waals surface area contributed by atoms with Crippen LogP contribution >= 0.6 is 0 Å². The Bertz CT molecular complexity index is 689. The Morgan fingerprint density at radius 3 is 2.73 bits per heavy atom. The van der Waals surface area contributed by atoms with E-state index in [4.69, 9.17) is 14.2 Å². The van der Waals surface area contributed by atoms with Crippen LogP contribution in [0.2, 0.25) is 0 Å². The standard InChI is InChI=1S/C17H18O5/c1-20-17(19)13-10-14(22-15-8-4-5-9-21-15)11-6-2-3-7-12(11)16(13)18/h2-3,6-7,10,15,18H,4-5,8-9H2,1H3. The second-order valence-corrected chi connectivity index (χ2v) is 5.22. The highest BCUT2D eigenvalue weighted by molar-refractivity contribution is 6.03. The molecule has 1 N–H and O–H groups in total. The molecule has 0 aromatic heterocycles. The van der Waals surface area contributed by atoms with Crippen molar-refractivity contribution in [1.82, 2.24) is 0 Å². The Balaban J connectivity index is 2.06. The van der Waals surface area contributed by atoms with Gasteiger partial charge >= 0.3 is 5.97 Å². The minimum absolute atomic E-state index is 0.0898. The number of esters is 1. The zero-order chi connectivity index (χ0) is 15.5. The number of aromatic hydroxyl groups is 1. The highest BCUT2D eigenvalue weighted by atomic mass is 16.7. The molecule has 2 aromatic carbocycles. The highest BCUT2D eigenvalue weighted by Gasteiger charge is 2.21. The van der Waals surface area contributed by atoms with Gasteiger partial charge in [0.25, 0.3) is 0 Å². The number of carbonyl (C=O) groups is 1. The van der Waals surface area contributed by atoms with Gasteiger partial charge in [-0.05, 0) is 18.9 Å². The summed E-state index contributed by atoms with van der Waals surface area (Å²) in [6.07, 6.45) is 2.56. The van der Waals surface area contributed by atoms with Crippen molar-refractivity contribution in [2.75, 3.05) is 13.7 Å². The van der Waals surface area contributed by atoms with Gasteiger partial charge in [0.15, 0.2) is 6.29 Å². The lowest BCUT2D eigenvalue weighted by Gasteiger charge is -2.24. The van der Waals surface area contributed by atoms with Crippen molar-refractivity contribution in [3.8, 4) is 11.5 Å². The summed E-state index contributed by atoms with van der Waals surface area (Å²) in [5.74, 6) is -0.183. The number of ether oxygens (including phenoxy) is 3. The van der Waals surface area contributed by atoms with Crippen molar-refractivity contribution >= 4 is 16.7 Å². The van der Waals surface area contributed by atoms with Gasteiger partial charge in [-0.25, -0.2) is 4.79 Å². The van der Waals surface area contributed by atoms with Gasteiger partial charge in [-0.2, -0.15) is 0 Å². The number of phenolic OH excluding ortho intramolecular Hbond substituents is 1. The molecule has 5 nitrogen and oxygen atoms in total. The molecule has 22 heavy (non-hydrogen) atoms. The second kappa shape index (κ2) is 6.23. The molecule has 1 heterocycles. The largest absolute Gasteiger partial charge is 0.506 e. The molecule has 0 radical (unpaired) electrons. The predicted octanol–water partition coefficient (Wildman–Crippen LogP) is 3.24. The first-order valence-electron chi connectivity index (χ1n) is 7.32. The molecule has 116 valence electrons. The molecule has 2 aromatic rings. The lowest BCUT2D eigenvalue weighted by molar-refractivity contribution is -0.105. The number of hydrogen-bond acceptors (Lipinski definition) is 5. The van der Waals surface area contributed by atoms with E-state index < -0.39 is 5.97 Å². The fourth-order valence-corrected chi connectivity index (χ4v) is 2.64. The van der Waals surface area contributed by atoms with Crippen LogP contribution in [0, 0.1) is 0 Å². The van der Waals surface area contributed by atoms with E-state index in [-0.39, 0.29) is 17.6 Å². The van der Waals surface area contributed by atoms with Crippen LogP contribution in [-0.2, 0) is 9.47 Å². The van der Waals surface area contributed by atoms with Crippen molar-refractivity contribution in [2.24, 2.45) is 0 Å². The molecule has 1 fully saturated rings. The molecule has 0 aliphatic carbocycles. The van der Waals surface area contributed by atoms with Crippen molar-refractivity contribution in [3.63, 3.8) is 0 Å². The van der Waals surface area contributed by atoms with E-state index in [2.05, 4.69) is 0 Å². The summed E-state index contributed by atoms with van der Waals surface area (Å²) in [4.78, 5) is 11.9. The molecule has 1 saturated heterocycles. The van der Waals surface area contributed by atoms with Gasteiger partial charge in [0, 0.05) is 17.2 Å². The Hall–Kier alpha value is -2.27. The van der Waals surface area contributed by atoms with Gasteiger partial charge in [0.1, 0.15) is 17.1 Å². The van der Waals surface area contributed by atoms with E-state index in [1.165, 1.54) is 13.2 Å². The third-order valence-electron chi connectivity index (χ3n) is 3.78. The number of phenols is 1. The summed E-state index contributed by atoms with van der Waals surface area (Å²) >= 11 is 0. The third kappa shape index (κ3) is 2.72. The van der Waals surface area contributed by atoms with Gasteiger partial charge in [-0.3, -0.25) is 0 Å². The first kappa shape index (κ1) is 14.7. The van der Waals surface area contributed by atoms with E-state index in [9.17, 15) is 9.90 Å². The zero-order valence-corrected chi connectivity index (χ0v) is 12.4. The fraction of sp³-hybridized carbons (Fsp3) is 0.353. The van der Waals surface area contributed by atoms with Crippen LogP contribution < -0.4 is 4.74 Å². The maximum atomic E-state index is 11.9. The van der Waals surface area contributed by atoms with E-state index in [1.54, 1.807) is 12.1 Å². The topological polar surface area (TPSA) is 65.0 Å². The third-order valence-corrected chi connectivity index (χ3v) is 3.78. The van der Waals surface area contributed by atoms with Gasteiger partial charge < -0.3 is 19.3 Å². The number of hydrogen-bond donors (Lipinski definition) is 1. The van der Waals surface area contributed by atoms with E-state index >= 15 is 0 Å². The van der Waals surface area contributed by atoms with Gasteiger partial charge in [0.2, 0.25) is 0 Å². The molecular weight excluding hydrogens is 284 g/mol. The average molecular weight is 302 g/mol. The van der Waals surface area contributed by atoms with E-state index in [0.717, 1.165) is 24.6 Å². The molecule has 0 amide bonds. The highest BCUT2D eigenvalue weighted by Crippen LogP contribution is 2.37. The number of carbonyl (C=O) groups excluding carboxylic acids is 1. The lowest BCUT2D eigenvalue weighted by atomic mass is 10.0. The number of methoxy groups -OCH3 is 1. The average Bonchev–Trinajstić information content (AvgIpc) is 2.58. The molecule has 1 atom stereocenters. The fourth-order valence-electron chi connectivity index (χ4n) is 2.64. The van der Waals surface area contributed by atoms with Crippen LogP contribution in [-0.4, -0.2) is 31.1 Å². The normalized spacial score (nSPS) is 18.1. The summed E-state index contributed by atoms with van der Waals surface area (Å²) in [7, 11) is 1.28. The molecule has 3 rings (SSSR count). The van der Waals surface area contributed by atoms with Crippen LogP contribution in [0.15, 0.2) is 30.3 Å². The SMILES string of the molecule is COC(=O)c1cc(OC2CCCCO2)c2ccccc2c1O.